The van der Waals surface area contributed by atoms with Gasteiger partial charge in [0.25, 0.3) is 0 Å². The van der Waals surface area contributed by atoms with Crippen molar-refractivity contribution in [3.63, 3.8) is 0 Å². The second-order valence-corrected chi connectivity index (χ2v) is 4.94. The third-order valence-electron chi connectivity index (χ3n) is 2.97. The number of rotatable bonds is 4. The van der Waals surface area contributed by atoms with E-state index in [4.69, 9.17) is 9.47 Å². The summed E-state index contributed by atoms with van der Waals surface area (Å²) in [4.78, 5) is 0. The summed E-state index contributed by atoms with van der Waals surface area (Å²) in [7, 11) is 0. The highest BCUT2D eigenvalue weighted by Gasteiger charge is 2.33. The number of ether oxygens (including phenoxy) is 2. The molecular formula is C13H24O2. The molecule has 0 N–H and O–H groups in total. The Labute approximate surface area is 93.7 Å². The first-order chi connectivity index (χ1) is 7.11. The van der Waals surface area contributed by atoms with Crippen LogP contribution in [-0.2, 0) is 9.47 Å². The van der Waals surface area contributed by atoms with Gasteiger partial charge in [-0.1, -0.05) is 39.3 Å². The molecule has 1 rings (SSSR count). The first kappa shape index (κ1) is 12.7. The average Bonchev–Trinajstić information content (AvgIpc) is 2.19. The molecule has 0 aromatic carbocycles. The van der Waals surface area contributed by atoms with Crippen LogP contribution in [0, 0.1) is 11.3 Å². The van der Waals surface area contributed by atoms with Gasteiger partial charge in [0.15, 0.2) is 6.29 Å². The van der Waals surface area contributed by atoms with E-state index in [-0.39, 0.29) is 11.7 Å². The van der Waals surface area contributed by atoms with Crippen LogP contribution in [0.5, 0.6) is 0 Å². The minimum atomic E-state index is -0.0499. The molecule has 0 amide bonds. The fourth-order valence-corrected chi connectivity index (χ4v) is 2.10. The van der Waals surface area contributed by atoms with Crippen molar-refractivity contribution in [1.29, 1.82) is 0 Å². The van der Waals surface area contributed by atoms with Crippen LogP contribution in [0.1, 0.15) is 40.5 Å². The van der Waals surface area contributed by atoms with Crippen LogP contribution in [0.15, 0.2) is 12.2 Å². The van der Waals surface area contributed by atoms with Crippen LogP contribution < -0.4 is 0 Å². The molecule has 0 spiro atoms. The smallest absolute Gasteiger partial charge is 0.163 e. The lowest BCUT2D eigenvalue weighted by Crippen LogP contribution is -2.41. The fourth-order valence-electron chi connectivity index (χ4n) is 2.10. The van der Waals surface area contributed by atoms with Gasteiger partial charge in [-0.25, -0.2) is 0 Å². The molecule has 1 saturated heterocycles. The van der Waals surface area contributed by atoms with Crippen molar-refractivity contribution in [3.05, 3.63) is 12.2 Å². The van der Waals surface area contributed by atoms with Crippen molar-refractivity contribution in [2.24, 2.45) is 11.3 Å². The molecule has 1 aliphatic rings. The fraction of sp³-hybridized carbons (Fsp3) is 0.846. The molecule has 1 aliphatic heterocycles. The minimum absolute atomic E-state index is 0.0499. The van der Waals surface area contributed by atoms with Crippen LogP contribution in [0.4, 0.5) is 0 Å². The third-order valence-corrected chi connectivity index (χ3v) is 2.97. The summed E-state index contributed by atoms with van der Waals surface area (Å²) in [5.41, 5.74) is 0.223. The zero-order valence-corrected chi connectivity index (χ0v) is 10.5. The lowest BCUT2D eigenvalue weighted by molar-refractivity contribution is -0.239. The maximum atomic E-state index is 5.79. The van der Waals surface area contributed by atoms with Gasteiger partial charge in [0.2, 0.25) is 0 Å². The molecule has 1 atom stereocenters. The van der Waals surface area contributed by atoms with E-state index in [9.17, 15) is 0 Å². The molecule has 1 fully saturated rings. The number of allylic oxidation sites excluding steroid dienone is 1. The van der Waals surface area contributed by atoms with E-state index in [1.54, 1.807) is 0 Å². The maximum Gasteiger partial charge on any atom is 0.163 e. The molecule has 0 aliphatic carbocycles. The zero-order valence-electron chi connectivity index (χ0n) is 10.5. The van der Waals surface area contributed by atoms with Gasteiger partial charge in [-0.3, -0.25) is 0 Å². The van der Waals surface area contributed by atoms with Crippen molar-refractivity contribution in [1.82, 2.24) is 0 Å². The van der Waals surface area contributed by atoms with Crippen LogP contribution in [-0.4, -0.2) is 19.5 Å². The van der Waals surface area contributed by atoms with E-state index in [2.05, 4.69) is 32.9 Å². The Morgan fingerprint density at radius 2 is 2.00 bits per heavy atom. The first-order valence-corrected chi connectivity index (χ1v) is 5.97. The second-order valence-electron chi connectivity index (χ2n) is 4.94. The van der Waals surface area contributed by atoms with E-state index >= 15 is 0 Å². The zero-order chi connectivity index (χ0) is 11.3. The van der Waals surface area contributed by atoms with Gasteiger partial charge in [0.05, 0.1) is 13.2 Å². The van der Waals surface area contributed by atoms with Crippen molar-refractivity contribution >= 4 is 0 Å². The quantitative estimate of drug-likeness (QED) is 0.665. The lowest BCUT2D eigenvalue weighted by atomic mass is 9.87. The topological polar surface area (TPSA) is 18.5 Å². The number of hydrogen-bond donors (Lipinski definition) is 0. The van der Waals surface area contributed by atoms with Crippen LogP contribution in [0.2, 0.25) is 0 Å². The molecule has 1 heterocycles. The molecule has 1 unspecified atom stereocenters. The van der Waals surface area contributed by atoms with E-state index in [0.29, 0.717) is 5.92 Å². The highest BCUT2D eigenvalue weighted by atomic mass is 16.7. The standard InChI is InChI=1S/C13H24O2/c1-5-7-11(3)12-14-9-13(4,8-6-2)10-15-12/h5,7,11-12H,6,8-10H2,1-4H3/b7-5+. The SMILES string of the molecule is C/C=C/C(C)C1OCC(C)(CCC)CO1. The minimum Gasteiger partial charge on any atom is -0.351 e. The average molecular weight is 212 g/mol. The van der Waals surface area contributed by atoms with Crippen LogP contribution >= 0.6 is 0 Å². The summed E-state index contributed by atoms with van der Waals surface area (Å²) in [5.74, 6) is 0.348. The Kier molecular flexibility index (Phi) is 4.81. The summed E-state index contributed by atoms with van der Waals surface area (Å²) in [6, 6.07) is 0. The Balaban J connectivity index is 2.41. The molecule has 0 radical (unpaired) electrons. The van der Waals surface area contributed by atoms with Crippen LogP contribution in [0.3, 0.4) is 0 Å². The molecule has 0 saturated carbocycles. The van der Waals surface area contributed by atoms with Gasteiger partial charge < -0.3 is 9.47 Å². The first-order valence-electron chi connectivity index (χ1n) is 5.97. The molecule has 0 aromatic rings. The van der Waals surface area contributed by atoms with Crippen molar-refractivity contribution in [3.8, 4) is 0 Å². The molecule has 15 heavy (non-hydrogen) atoms. The number of hydrogen-bond acceptors (Lipinski definition) is 2. The largest absolute Gasteiger partial charge is 0.351 e. The predicted molar refractivity (Wildman–Crippen MR) is 62.7 cm³/mol. The Morgan fingerprint density at radius 1 is 1.40 bits per heavy atom. The van der Waals surface area contributed by atoms with E-state index in [0.717, 1.165) is 13.2 Å². The Morgan fingerprint density at radius 3 is 2.47 bits per heavy atom. The summed E-state index contributed by atoms with van der Waals surface area (Å²) >= 11 is 0. The summed E-state index contributed by atoms with van der Waals surface area (Å²) < 4.78 is 11.6. The summed E-state index contributed by atoms with van der Waals surface area (Å²) in [6.07, 6.45) is 6.51. The van der Waals surface area contributed by atoms with E-state index in [1.807, 2.05) is 6.92 Å². The summed E-state index contributed by atoms with van der Waals surface area (Å²) in [6.45, 7) is 10.3. The lowest BCUT2D eigenvalue weighted by Gasteiger charge is -2.38. The van der Waals surface area contributed by atoms with Crippen molar-refractivity contribution in [2.45, 2.75) is 46.8 Å². The molecular weight excluding hydrogens is 188 g/mol. The van der Waals surface area contributed by atoms with Gasteiger partial charge in [-0.2, -0.15) is 0 Å². The molecule has 0 bridgehead atoms. The molecule has 2 nitrogen and oxygen atoms in total. The Hall–Kier alpha value is -0.340. The van der Waals surface area contributed by atoms with Gasteiger partial charge in [-0.05, 0) is 13.3 Å². The van der Waals surface area contributed by atoms with E-state index in [1.165, 1.54) is 12.8 Å². The highest BCUT2D eigenvalue weighted by molar-refractivity contribution is 4.87. The third kappa shape index (κ3) is 3.62. The van der Waals surface area contributed by atoms with Crippen molar-refractivity contribution in [2.75, 3.05) is 13.2 Å². The molecule has 2 heteroatoms. The van der Waals surface area contributed by atoms with Gasteiger partial charge in [0, 0.05) is 11.3 Å². The van der Waals surface area contributed by atoms with Gasteiger partial charge in [-0.15, -0.1) is 0 Å². The molecule has 88 valence electrons. The summed E-state index contributed by atoms with van der Waals surface area (Å²) in [5, 5.41) is 0. The van der Waals surface area contributed by atoms with Gasteiger partial charge in [0.1, 0.15) is 0 Å². The Bertz CT molecular complexity index is 203. The maximum absolute atomic E-state index is 5.79. The molecule has 0 aromatic heterocycles. The second kappa shape index (κ2) is 5.66. The normalized spacial score (nSPS) is 34.5. The monoisotopic (exact) mass is 212 g/mol. The van der Waals surface area contributed by atoms with Crippen LogP contribution in [0.25, 0.3) is 0 Å². The predicted octanol–water partition coefficient (Wildman–Crippen LogP) is 3.38. The highest BCUT2D eigenvalue weighted by Crippen LogP contribution is 2.31. The van der Waals surface area contributed by atoms with Crippen molar-refractivity contribution < 1.29 is 9.47 Å². The van der Waals surface area contributed by atoms with Gasteiger partial charge >= 0.3 is 0 Å². The van der Waals surface area contributed by atoms with E-state index < -0.39 is 0 Å².